The van der Waals surface area contributed by atoms with Crippen molar-refractivity contribution in [3.63, 3.8) is 0 Å². The first-order chi connectivity index (χ1) is 8.72. The predicted molar refractivity (Wildman–Crippen MR) is 80.1 cm³/mol. The second-order valence-corrected chi connectivity index (χ2v) is 4.20. The van der Waals surface area contributed by atoms with Crippen LogP contribution in [0.3, 0.4) is 0 Å². The van der Waals surface area contributed by atoms with E-state index in [1.165, 1.54) is 5.56 Å². The predicted octanol–water partition coefficient (Wildman–Crippen LogP) is 1.91. The molecule has 0 heterocycles. The zero-order valence-electron chi connectivity index (χ0n) is 11.6. The van der Waals surface area contributed by atoms with Gasteiger partial charge in [0.1, 0.15) is 5.75 Å². The smallest absolute Gasteiger partial charge is 0.257 e. The first-order valence-corrected chi connectivity index (χ1v) is 6.39. The number of nitrogens with one attached hydrogen (secondary N) is 2. The van der Waals surface area contributed by atoms with Crippen LogP contribution >= 0.6 is 12.4 Å². The lowest BCUT2D eigenvalue weighted by Crippen LogP contribution is -2.34. The first-order valence-electron chi connectivity index (χ1n) is 6.39. The van der Waals surface area contributed by atoms with Gasteiger partial charge < -0.3 is 15.4 Å². The standard InChI is InChI=1S/C14H22N2O2.ClH/c1-3-8-15-9-10-16-14(17)11-18-13-6-4-12(2)5-7-13;/h4-7,15H,3,8-11H2,1-2H3,(H,16,17);1H. The van der Waals surface area contributed by atoms with Crippen LogP contribution < -0.4 is 15.4 Å². The van der Waals surface area contributed by atoms with Crippen LogP contribution in [0.25, 0.3) is 0 Å². The molecule has 1 aromatic rings. The maximum absolute atomic E-state index is 11.5. The van der Waals surface area contributed by atoms with Gasteiger partial charge in [0, 0.05) is 13.1 Å². The monoisotopic (exact) mass is 286 g/mol. The highest BCUT2D eigenvalue weighted by Gasteiger charge is 2.01. The number of hydrogen-bond acceptors (Lipinski definition) is 3. The summed E-state index contributed by atoms with van der Waals surface area (Å²) < 4.78 is 5.37. The minimum atomic E-state index is -0.0890. The van der Waals surface area contributed by atoms with E-state index < -0.39 is 0 Å². The third-order valence-electron chi connectivity index (χ3n) is 2.44. The second-order valence-electron chi connectivity index (χ2n) is 4.20. The Bertz CT molecular complexity index is 355. The zero-order valence-corrected chi connectivity index (χ0v) is 12.4. The Hall–Kier alpha value is -1.26. The number of aryl methyl sites for hydroxylation is 1. The van der Waals surface area contributed by atoms with Gasteiger partial charge >= 0.3 is 0 Å². The molecule has 0 aliphatic rings. The molecule has 0 saturated carbocycles. The third kappa shape index (κ3) is 8.46. The number of halogens is 1. The molecule has 0 fully saturated rings. The Balaban J connectivity index is 0.00000324. The van der Waals surface area contributed by atoms with E-state index in [1.807, 2.05) is 31.2 Å². The molecule has 0 aliphatic heterocycles. The largest absolute Gasteiger partial charge is 0.484 e. The molecule has 0 saturated heterocycles. The van der Waals surface area contributed by atoms with Crippen LogP contribution in [0, 0.1) is 6.92 Å². The molecule has 0 bridgehead atoms. The van der Waals surface area contributed by atoms with Crippen molar-refractivity contribution >= 4 is 18.3 Å². The lowest BCUT2D eigenvalue weighted by Gasteiger charge is -2.08. The Kier molecular flexibility index (Phi) is 9.94. The summed E-state index contributed by atoms with van der Waals surface area (Å²) in [6.45, 7) is 6.60. The van der Waals surface area contributed by atoms with E-state index in [1.54, 1.807) is 0 Å². The Morgan fingerprint density at radius 3 is 2.47 bits per heavy atom. The van der Waals surface area contributed by atoms with Gasteiger partial charge in [-0.25, -0.2) is 0 Å². The van der Waals surface area contributed by atoms with Crippen LogP contribution in [0.2, 0.25) is 0 Å². The molecule has 0 radical (unpaired) electrons. The van der Waals surface area contributed by atoms with Crippen molar-refractivity contribution in [2.24, 2.45) is 0 Å². The summed E-state index contributed by atoms with van der Waals surface area (Å²) in [4.78, 5) is 11.5. The molecule has 0 aliphatic carbocycles. The van der Waals surface area contributed by atoms with Gasteiger partial charge in [-0.2, -0.15) is 0 Å². The number of hydrogen-bond donors (Lipinski definition) is 2. The Morgan fingerprint density at radius 1 is 1.16 bits per heavy atom. The molecule has 2 N–H and O–H groups in total. The molecule has 1 aromatic carbocycles. The topological polar surface area (TPSA) is 50.4 Å². The van der Waals surface area contributed by atoms with Crippen molar-refractivity contribution < 1.29 is 9.53 Å². The normalized spacial score (nSPS) is 9.58. The minimum absolute atomic E-state index is 0. The number of carbonyl (C=O) groups is 1. The summed E-state index contributed by atoms with van der Waals surface area (Å²) in [5, 5.41) is 6.01. The summed E-state index contributed by atoms with van der Waals surface area (Å²) in [6, 6.07) is 7.65. The fourth-order valence-electron chi connectivity index (χ4n) is 1.43. The molecule has 1 amide bonds. The zero-order chi connectivity index (χ0) is 13.2. The third-order valence-corrected chi connectivity index (χ3v) is 2.44. The molecule has 0 unspecified atom stereocenters. The maximum Gasteiger partial charge on any atom is 0.257 e. The van der Waals surface area contributed by atoms with Crippen LogP contribution in [-0.4, -0.2) is 32.1 Å². The van der Waals surface area contributed by atoms with Gasteiger partial charge in [-0.15, -0.1) is 12.4 Å². The van der Waals surface area contributed by atoms with Gasteiger partial charge in [0.15, 0.2) is 6.61 Å². The summed E-state index contributed by atoms with van der Waals surface area (Å²) >= 11 is 0. The van der Waals surface area contributed by atoms with E-state index >= 15 is 0 Å². The summed E-state index contributed by atoms with van der Waals surface area (Å²) in [5.74, 6) is 0.633. The van der Waals surface area contributed by atoms with Crippen LogP contribution in [0.1, 0.15) is 18.9 Å². The molecule has 0 atom stereocenters. The minimum Gasteiger partial charge on any atom is -0.484 e. The van der Waals surface area contributed by atoms with E-state index in [0.29, 0.717) is 6.54 Å². The molecule has 5 heteroatoms. The van der Waals surface area contributed by atoms with Crippen molar-refractivity contribution in [1.82, 2.24) is 10.6 Å². The van der Waals surface area contributed by atoms with Crippen molar-refractivity contribution in [1.29, 1.82) is 0 Å². The summed E-state index contributed by atoms with van der Waals surface area (Å²) in [5.41, 5.74) is 1.17. The summed E-state index contributed by atoms with van der Waals surface area (Å²) in [7, 11) is 0. The van der Waals surface area contributed by atoms with Crippen LogP contribution in [0.15, 0.2) is 24.3 Å². The van der Waals surface area contributed by atoms with E-state index in [0.717, 1.165) is 25.3 Å². The Labute approximate surface area is 121 Å². The summed E-state index contributed by atoms with van der Waals surface area (Å²) in [6.07, 6.45) is 1.10. The highest BCUT2D eigenvalue weighted by atomic mass is 35.5. The lowest BCUT2D eigenvalue weighted by atomic mass is 10.2. The van der Waals surface area contributed by atoms with Gasteiger partial charge in [-0.1, -0.05) is 24.6 Å². The van der Waals surface area contributed by atoms with E-state index in [9.17, 15) is 4.79 Å². The average molecular weight is 287 g/mol. The van der Waals surface area contributed by atoms with E-state index in [4.69, 9.17) is 4.74 Å². The Morgan fingerprint density at radius 2 is 1.84 bits per heavy atom. The van der Waals surface area contributed by atoms with Crippen LogP contribution in [0.4, 0.5) is 0 Å². The number of amides is 1. The highest BCUT2D eigenvalue weighted by molar-refractivity contribution is 5.85. The SMILES string of the molecule is CCCNCCNC(=O)COc1ccc(C)cc1.Cl. The molecule has 0 aromatic heterocycles. The van der Waals surface area contributed by atoms with E-state index in [2.05, 4.69) is 17.6 Å². The fourth-order valence-corrected chi connectivity index (χ4v) is 1.43. The van der Waals surface area contributed by atoms with E-state index in [-0.39, 0.29) is 24.9 Å². The molecule has 4 nitrogen and oxygen atoms in total. The van der Waals surface area contributed by atoms with Crippen molar-refractivity contribution in [3.8, 4) is 5.75 Å². The molecule has 0 spiro atoms. The number of rotatable bonds is 8. The number of ether oxygens (including phenoxy) is 1. The molecule has 108 valence electrons. The molecule has 19 heavy (non-hydrogen) atoms. The highest BCUT2D eigenvalue weighted by Crippen LogP contribution is 2.10. The maximum atomic E-state index is 11.5. The lowest BCUT2D eigenvalue weighted by molar-refractivity contribution is -0.123. The van der Waals surface area contributed by atoms with Gasteiger partial charge in [0.05, 0.1) is 0 Å². The van der Waals surface area contributed by atoms with Gasteiger partial charge in [0.2, 0.25) is 0 Å². The van der Waals surface area contributed by atoms with Crippen molar-refractivity contribution in [2.75, 3.05) is 26.2 Å². The molecular weight excluding hydrogens is 264 g/mol. The molecule has 1 rings (SSSR count). The average Bonchev–Trinajstić information content (AvgIpc) is 2.38. The fraction of sp³-hybridized carbons (Fsp3) is 0.500. The first kappa shape index (κ1) is 17.7. The molecular formula is C14H23ClN2O2. The second kappa shape index (κ2) is 10.6. The van der Waals surface area contributed by atoms with Gasteiger partial charge in [-0.05, 0) is 32.0 Å². The van der Waals surface area contributed by atoms with Crippen LogP contribution in [0.5, 0.6) is 5.75 Å². The van der Waals surface area contributed by atoms with Gasteiger partial charge in [-0.3, -0.25) is 4.79 Å². The number of carbonyl (C=O) groups excluding carboxylic acids is 1. The number of benzene rings is 1. The van der Waals surface area contributed by atoms with Crippen molar-refractivity contribution in [3.05, 3.63) is 29.8 Å². The quantitative estimate of drug-likeness (QED) is 0.718. The van der Waals surface area contributed by atoms with Crippen LogP contribution in [-0.2, 0) is 4.79 Å². The van der Waals surface area contributed by atoms with Gasteiger partial charge in [0.25, 0.3) is 5.91 Å². The van der Waals surface area contributed by atoms with Crippen molar-refractivity contribution in [2.45, 2.75) is 20.3 Å².